The number of benzene rings is 1. The number of sulfonamides is 1. The summed E-state index contributed by atoms with van der Waals surface area (Å²) in [5.74, 6) is 0.390. The highest BCUT2D eigenvalue weighted by Gasteiger charge is 2.23. The second kappa shape index (κ2) is 9.27. The summed E-state index contributed by atoms with van der Waals surface area (Å²) in [4.78, 5) is 23.5. The second-order valence-electron chi connectivity index (χ2n) is 5.88. The Morgan fingerprint density at radius 3 is 2.61 bits per heavy atom. The highest BCUT2D eigenvalue weighted by atomic mass is 32.2. The van der Waals surface area contributed by atoms with Gasteiger partial charge in [0.1, 0.15) is 16.4 Å². The van der Waals surface area contributed by atoms with Crippen molar-refractivity contribution < 1.29 is 27.2 Å². The minimum Gasteiger partial charge on any atom is -0.492 e. The Bertz CT molecular complexity index is 925. The topological polar surface area (TPSA) is 127 Å². The SMILES string of the molecule is CCOc1ccc(CC(=O)NC(C)c2ccco2)cc1S(=O)(=O)NC(=O)NC. The molecule has 0 bridgehead atoms. The molecule has 0 saturated carbocycles. The predicted molar refractivity (Wildman–Crippen MR) is 101 cm³/mol. The van der Waals surface area contributed by atoms with E-state index in [2.05, 4.69) is 10.6 Å². The average Bonchev–Trinajstić information content (AvgIpc) is 3.17. The van der Waals surface area contributed by atoms with Crippen molar-refractivity contribution in [3.8, 4) is 5.75 Å². The average molecular weight is 409 g/mol. The number of carbonyl (C=O) groups excluding carboxylic acids is 2. The van der Waals surface area contributed by atoms with Crippen LogP contribution in [0, 0.1) is 0 Å². The highest BCUT2D eigenvalue weighted by Crippen LogP contribution is 2.25. The Morgan fingerprint density at radius 2 is 2.00 bits per heavy atom. The van der Waals surface area contributed by atoms with Crippen molar-refractivity contribution in [2.24, 2.45) is 0 Å². The fourth-order valence-electron chi connectivity index (χ4n) is 2.46. The first-order valence-electron chi connectivity index (χ1n) is 8.59. The van der Waals surface area contributed by atoms with E-state index in [1.807, 2.05) is 4.72 Å². The van der Waals surface area contributed by atoms with Gasteiger partial charge in [0.25, 0.3) is 10.0 Å². The van der Waals surface area contributed by atoms with Gasteiger partial charge in [0, 0.05) is 7.05 Å². The largest absolute Gasteiger partial charge is 0.492 e. The molecular formula is C18H23N3O6S. The van der Waals surface area contributed by atoms with Crippen LogP contribution < -0.4 is 20.1 Å². The number of carbonyl (C=O) groups is 2. The number of amides is 3. The van der Waals surface area contributed by atoms with Crippen molar-refractivity contribution in [3.05, 3.63) is 47.9 Å². The smallest absolute Gasteiger partial charge is 0.328 e. The number of hydrogen-bond donors (Lipinski definition) is 3. The van der Waals surface area contributed by atoms with Gasteiger partial charge in [0.05, 0.1) is 25.3 Å². The van der Waals surface area contributed by atoms with E-state index in [9.17, 15) is 18.0 Å². The van der Waals surface area contributed by atoms with Gasteiger partial charge in [0.2, 0.25) is 5.91 Å². The van der Waals surface area contributed by atoms with Gasteiger partial charge in [-0.25, -0.2) is 17.9 Å². The second-order valence-corrected chi connectivity index (χ2v) is 7.53. The molecule has 1 unspecified atom stereocenters. The van der Waals surface area contributed by atoms with Gasteiger partial charge in [-0.1, -0.05) is 6.07 Å². The predicted octanol–water partition coefficient (Wildman–Crippen LogP) is 1.72. The van der Waals surface area contributed by atoms with Crippen LogP contribution in [0.15, 0.2) is 45.9 Å². The first-order valence-corrected chi connectivity index (χ1v) is 10.1. The van der Waals surface area contributed by atoms with Crippen LogP contribution in [0.4, 0.5) is 4.79 Å². The third-order valence-corrected chi connectivity index (χ3v) is 5.12. The van der Waals surface area contributed by atoms with E-state index in [4.69, 9.17) is 9.15 Å². The van der Waals surface area contributed by atoms with Gasteiger partial charge in [-0.2, -0.15) is 0 Å². The van der Waals surface area contributed by atoms with Gasteiger partial charge in [-0.15, -0.1) is 0 Å². The summed E-state index contributed by atoms with van der Waals surface area (Å²) in [6, 6.07) is 6.63. The minimum atomic E-state index is -4.18. The molecule has 0 saturated heterocycles. The van der Waals surface area contributed by atoms with Crippen LogP contribution in [0.25, 0.3) is 0 Å². The fraction of sp³-hybridized carbons (Fsp3) is 0.333. The molecule has 1 aromatic carbocycles. The molecule has 9 nitrogen and oxygen atoms in total. The Balaban J connectivity index is 2.21. The summed E-state index contributed by atoms with van der Waals surface area (Å²) in [5.41, 5.74) is 0.449. The molecule has 3 N–H and O–H groups in total. The van der Waals surface area contributed by atoms with Crippen LogP contribution in [0.2, 0.25) is 0 Å². The molecule has 10 heteroatoms. The van der Waals surface area contributed by atoms with Gasteiger partial charge in [-0.3, -0.25) is 4.79 Å². The molecule has 0 fully saturated rings. The number of furan rings is 1. The summed E-state index contributed by atoms with van der Waals surface area (Å²) < 4.78 is 37.5. The van der Waals surface area contributed by atoms with E-state index in [0.717, 1.165) is 0 Å². The van der Waals surface area contributed by atoms with E-state index < -0.39 is 16.1 Å². The Labute approximate surface area is 163 Å². The summed E-state index contributed by atoms with van der Waals surface area (Å²) in [6.07, 6.45) is 1.46. The monoisotopic (exact) mass is 409 g/mol. The van der Waals surface area contributed by atoms with E-state index in [1.165, 1.54) is 25.4 Å². The van der Waals surface area contributed by atoms with E-state index in [0.29, 0.717) is 11.3 Å². The van der Waals surface area contributed by atoms with Crippen molar-refractivity contribution >= 4 is 22.0 Å². The lowest BCUT2D eigenvalue weighted by Crippen LogP contribution is -2.37. The lowest BCUT2D eigenvalue weighted by molar-refractivity contribution is -0.121. The molecule has 0 spiro atoms. The zero-order valence-electron chi connectivity index (χ0n) is 15.8. The first kappa shape index (κ1) is 21.3. The van der Waals surface area contributed by atoms with Crippen molar-refractivity contribution in [1.29, 1.82) is 0 Å². The van der Waals surface area contributed by atoms with E-state index in [-0.39, 0.29) is 35.6 Å². The summed E-state index contributed by atoms with van der Waals surface area (Å²) in [5, 5.41) is 4.96. The molecule has 2 rings (SSSR count). The molecule has 0 aliphatic carbocycles. The van der Waals surface area contributed by atoms with Gasteiger partial charge in [0.15, 0.2) is 0 Å². The van der Waals surface area contributed by atoms with Crippen LogP contribution in [0.3, 0.4) is 0 Å². The number of urea groups is 1. The normalized spacial score (nSPS) is 12.1. The molecule has 1 atom stereocenters. The lowest BCUT2D eigenvalue weighted by Gasteiger charge is -2.14. The summed E-state index contributed by atoms with van der Waals surface area (Å²) >= 11 is 0. The van der Waals surface area contributed by atoms with Crippen LogP contribution >= 0.6 is 0 Å². The maximum Gasteiger partial charge on any atom is 0.328 e. The summed E-state index contributed by atoms with van der Waals surface area (Å²) in [7, 11) is -2.87. The molecule has 1 heterocycles. The summed E-state index contributed by atoms with van der Waals surface area (Å²) in [6.45, 7) is 3.72. The molecule has 2 aromatic rings. The van der Waals surface area contributed by atoms with Crippen molar-refractivity contribution in [2.45, 2.75) is 31.2 Å². The standard InChI is InChI=1S/C18H23N3O6S/c1-4-26-15-8-7-13(10-16(15)28(24,25)21-18(23)19-3)11-17(22)20-12(2)14-6-5-9-27-14/h5-10,12H,4,11H2,1-3H3,(H,20,22)(H2,19,21,23). The molecule has 0 aliphatic heterocycles. The third-order valence-electron chi connectivity index (χ3n) is 3.76. The Morgan fingerprint density at radius 1 is 1.25 bits per heavy atom. The quantitative estimate of drug-likeness (QED) is 0.609. The number of nitrogens with one attached hydrogen (secondary N) is 3. The molecule has 0 radical (unpaired) electrons. The van der Waals surface area contributed by atoms with Crippen LogP contribution in [0.5, 0.6) is 5.75 Å². The number of rotatable bonds is 8. The molecule has 0 aliphatic rings. The van der Waals surface area contributed by atoms with Crippen LogP contribution in [-0.4, -0.2) is 34.0 Å². The molecule has 28 heavy (non-hydrogen) atoms. The highest BCUT2D eigenvalue weighted by molar-refractivity contribution is 7.90. The van der Waals surface area contributed by atoms with Crippen molar-refractivity contribution in [3.63, 3.8) is 0 Å². The molecule has 152 valence electrons. The number of hydrogen-bond acceptors (Lipinski definition) is 6. The van der Waals surface area contributed by atoms with E-state index in [1.54, 1.807) is 32.0 Å². The van der Waals surface area contributed by atoms with E-state index >= 15 is 0 Å². The maximum atomic E-state index is 12.5. The molecule has 1 aromatic heterocycles. The zero-order chi connectivity index (χ0) is 20.7. The Kier molecular flexibility index (Phi) is 7.05. The van der Waals surface area contributed by atoms with Crippen LogP contribution in [-0.2, 0) is 21.2 Å². The molecular weight excluding hydrogens is 386 g/mol. The van der Waals surface area contributed by atoms with Crippen molar-refractivity contribution in [2.75, 3.05) is 13.7 Å². The van der Waals surface area contributed by atoms with Gasteiger partial charge < -0.3 is 19.8 Å². The molecule has 3 amide bonds. The first-order chi connectivity index (χ1) is 13.3. The zero-order valence-corrected chi connectivity index (χ0v) is 16.6. The van der Waals surface area contributed by atoms with Crippen LogP contribution in [0.1, 0.15) is 31.2 Å². The lowest BCUT2D eigenvalue weighted by atomic mass is 10.1. The minimum absolute atomic E-state index is 0.0556. The van der Waals surface area contributed by atoms with Crippen molar-refractivity contribution in [1.82, 2.24) is 15.4 Å². The maximum absolute atomic E-state index is 12.5. The van der Waals surface area contributed by atoms with Gasteiger partial charge >= 0.3 is 6.03 Å². The number of ether oxygens (including phenoxy) is 1. The Hall–Kier alpha value is -3.01. The fourth-order valence-corrected chi connectivity index (χ4v) is 3.62. The third kappa shape index (κ3) is 5.49. The van der Waals surface area contributed by atoms with Gasteiger partial charge in [-0.05, 0) is 43.7 Å².